The first-order valence-corrected chi connectivity index (χ1v) is 9.63. The molecule has 1 saturated carbocycles. The molecule has 0 spiro atoms. The first kappa shape index (κ1) is 17.0. The van der Waals surface area contributed by atoms with E-state index < -0.39 is 0 Å². The van der Waals surface area contributed by atoms with E-state index in [2.05, 4.69) is 36.0 Å². The molecule has 1 atom stereocenters. The van der Waals surface area contributed by atoms with Crippen molar-refractivity contribution in [3.8, 4) is 0 Å². The van der Waals surface area contributed by atoms with Gasteiger partial charge in [0.05, 0.1) is 5.60 Å². The number of thiophene rings is 1. The molecule has 0 bridgehead atoms. The first-order chi connectivity index (χ1) is 10.3. The summed E-state index contributed by atoms with van der Waals surface area (Å²) < 4.78 is 6.38. The number of likely N-dealkylation sites (N-methyl/N-ethyl adjacent to an activating group) is 1. The van der Waals surface area contributed by atoms with E-state index >= 15 is 0 Å². The van der Waals surface area contributed by atoms with E-state index in [0.717, 1.165) is 19.6 Å². The number of hydrogen-bond acceptors (Lipinski definition) is 3. The molecule has 120 valence electrons. The average molecular weight is 310 g/mol. The highest BCUT2D eigenvalue weighted by Crippen LogP contribution is 2.35. The monoisotopic (exact) mass is 309 g/mol. The summed E-state index contributed by atoms with van der Waals surface area (Å²) in [5, 5.41) is 8.21. The molecule has 1 aromatic rings. The molecule has 3 heteroatoms. The van der Waals surface area contributed by atoms with Crippen LogP contribution in [0.3, 0.4) is 0 Å². The van der Waals surface area contributed by atoms with Gasteiger partial charge in [0.25, 0.3) is 0 Å². The average Bonchev–Trinajstić information content (AvgIpc) is 2.89. The van der Waals surface area contributed by atoms with Crippen molar-refractivity contribution in [2.45, 2.75) is 76.9 Å². The van der Waals surface area contributed by atoms with Crippen molar-refractivity contribution in [2.24, 2.45) is 0 Å². The van der Waals surface area contributed by atoms with Crippen LogP contribution in [-0.2, 0) is 11.2 Å². The molecule has 0 aliphatic heterocycles. The third-order valence-corrected chi connectivity index (χ3v) is 5.50. The number of rotatable bonds is 8. The zero-order valence-corrected chi connectivity index (χ0v) is 14.5. The Labute approximate surface area is 134 Å². The Balaban J connectivity index is 2.06. The van der Waals surface area contributed by atoms with E-state index in [1.807, 2.05) is 0 Å². The van der Waals surface area contributed by atoms with Crippen LogP contribution >= 0.6 is 11.3 Å². The summed E-state index contributed by atoms with van der Waals surface area (Å²) in [7, 11) is 0. The molecule has 0 saturated heterocycles. The largest absolute Gasteiger partial charge is 0.374 e. The molecule has 2 nitrogen and oxygen atoms in total. The fourth-order valence-electron chi connectivity index (χ4n) is 3.75. The second-order valence-corrected chi connectivity index (χ2v) is 6.97. The lowest BCUT2D eigenvalue weighted by Crippen LogP contribution is -2.52. The van der Waals surface area contributed by atoms with Gasteiger partial charge in [-0.3, -0.25) is 0 Å². The van der Waals surface area contributed by atoms with E-state index in [-0.39, 0.29) is 5.60 Å². The maximum atomic E-state index is 6.38. The number of nitrogens with one attached hydrogen (secondary N) is 1. The molecule has 0 aromatic carbocycles. The Bertz CT molecular complexity index is 369. The fourth-order valence-corrected chi connectivity index (χ4v) is 4.45. The third-order valence-electron chi connectivity index (χ3n) is 4.77. The minimum atomic E-state index is 0.0667. The van der Waals surface area contributed by atoms with Gasteiger partial charge in [-0.25, -0.2) is 0 Å². The van der Waals surface area contributed by atoms with Crippen LogP contribution < -0.4 is 5.32 Å². The standard InChI is InChI=1S/C18H31NOS/c1-3-19-17(10-9-16-11-14-21-15-16)18(20-4-2)12-7-5-6-8-13-18/h11,14-15,17,19H,3-10,12-13H2,1-2H3. The van der Waals surface area contributed by atoms with Gasteiger partial charge in [0.1, 0.15) is 0 Å². The lowest BCUT2D eigenvalue weighted by atomic mass is 9.83. The number of hydrogen-bond donors (Lipinski definition) is 1. The van der Waals surface area contributed by atoms with Crippen LogP contribution in [0.2, 0.25) is 0 Å². The summed E-state index contributed by atoms with van der Waals surface area (Å²) >= 11 is 1.80. The lowest BCUT2D eigenvalue weighted by molar-refractivity contribution is -0.0781. The summed E-state index contributed by atoms with van der Waals surface area (Å²) in [6, 6.07) is 2.74. The fraction of sp³-hybridized carbons (Fsp3) is 0.778. The van der Waals surface area contributed by atoms with Crippen LogP contribution in [0, 0.1) is 0 Å². The van der Waals surface area contributed by atoms with Gasteiger partial charge in [-0.2, -0.15) is 11.3 Å². The van der Waals surface area contributed by atoms with E-state index in [1.54, 1.807) is 11.3 Å². The van der Waals surface area contributed by atoms with Crippen molar-refractivity contribution in [2.75, 3.05) is 13.2 Å². The summed E-state index contributed by atoms with van der Waals surface area (Å²) in [6.45, 7) is 6.23. The van der Waals surface area contributed by atoms with Crippen LogP contribution in [0.4, 0.5) is 0 Å². The minimum Gasteiger partial charge on any atom is -0.374 e. The number of aryl methyl sites for hydroxylation is 1. The van der Waals surface area contributed by atoms with Crippen molar-refractivity contribution in [3.05, 3.63) is 22.4 Å². The van der Waals surface area contributed by atoms with Crippen molar-refractivity contribution >= 4 is 11.3 Å². The van der Waals surface area contributed by atoms with Crippen molar-refractivity contribution < 1.29 is 4.74 Å². The van der Waals surface area contributed by atoms with Gasteiger partial charge in [-0.15, -0.1) is 0 Å². The van der Waals surface area contributed by atoms with Gasteiger partial charge < -0.3 is 10.1 Å². The van der Waals surface area contributed by atoms with Gasteiger partial charge in [0.15, 0.2) is 0 Å². The molecule has 1 heterocycles. The van der Waals surface area contributed by atoms with Crippen molar-refractivity contribution in [3.63, 3.8) is 0 Å². The third kappa shape index (κ3) is 4.80. The summed E-state index contributed by atoms with van der Waals surface area (Å²) in [5.74, 6) is 0. The second kappa shape index (κ2) is 8.92. The zero-order chi connectivity index (χ0) is 15.0. The highest BCUT2D eigenvalue weighted by atomic mass is 32.1. The molecule has 0 amide bonds. The summed E-state index contributed by atoms with van der Waals surface area (Å²) in [6.07, 6.45) is 10.2. The molecule has 1 unspecified atom stereocenters. The molecule has 1 N–H and O–H groups in total. The predicted octanol–water partition coefficient (Wildman–Crippen LogP) is 4.79. The normalized spacial score (nSPS) is 20.1. The smallest absolute Gasteiger partial charge is 0.0834 e. The Morgan fingerprint density at radius 2 is 2.00 bits per heavy atom. The Hall–Kier alpha value is -0.380. The zero-order valence-electron chi connectivity index (χ0n) is 13.7. The van der Waals surface area contributed by atoms with Crippen LogP contribution in [0.5, 0.6) is 0 Å². The Kier molecular flexibility index (Phi) is 7.21. The van der Waals surface area contributed by atoms with Gasteiger partial charge >= 0.3 is 0 Å². The summed E-state index contributed by atoms with van der Waals surface area (Å²) in [4.78, 5) is 0. The molecule has 0 radical (unpaired) electrons. The lowest BCUT2D eigenvalue weighted by Gasteiger charge is -2.41. The Morgan fingerprint density at radius 1 is 1.24 bits per heavy atom. The van der Waals surface area contributed by atoms with Gasteiger partial charge in [-0.05, 0) is 61.5 Å². The van der Waals surface area contributed by atoms with Crippen LogP contribution in [-0.4, -0.2) is 24.8 Å². The summed E-state index contributed by atoms with van der Waals surface area (Å²) in [5.41, 5.74) is 1.54. The van der Waals surface area contributed by atoms with E-state index in [1.165, 1.54) is 50.5 Å². The second-order valence-electron chi connectivity index (χ2n) is 6.19. The molecule has 1 aliphatic rings. The van der Waals surface area contributed by atoms with Crippen LogP contribution in [0.1, 0.15) is 64.4 Å². The van der Waals surface area contributed by atoms with Gasteiger partial charge in [0.2, 0.25) is 0 Å². The van der Waals surface area contributed by atoms with E-state index in [0.29, 0.717) is 6.04 Å². The van der Waals surface area contributed by atoms with Crippen LogP contribution in [0.25, 0.3) is 0 Å². The maximum Gasteiger partial charge on any atom is 0.0834 e. The van der Waals surface area contributed by atoms with Crippen LogP contribution in [0.15, 0.2) is 16.8 Å². The van der Waals surface area contributed by atoms with Crippen molar-refractivity contribution in [1.82, 2.24) is 5.32 Å². The molecule has 1 aliphatic carbocycles. The number of ether oxygens (including phenoxy) is 1. The topological polar surface area (TPSA) is 21.3 Å². The molecular weight excluding hydrogens is 278 g/mol. The maximum absolute atomic E-state index is 6.38. The SMILES string of the molecule is CCNC(CCc1ccsc1)C1(OCC)CCCCCC1. The van der Waals surface area contributed by atoms with Gasteiger partial charge in [0, 0.05) is 12.6 Å². The first-order valence-electron chi connectivity index (χ1n) is 8.69. The molecule has 2 rings (SSSR count). The highest BCUT2D eigenvalue weighted by molar-refractivity contribution is 7.07. The molecule has 1 aromatic heterocycles. The van der Waals surface area contributed by atoms with E-state index in [4.69, 9.17) is 4.74 Å². The van der Waals surface area contributed by atoms with E-state index in [9.17, 15) is 0 Å². The quantitative estimate of drug-likeness (QED) is 0.697. The minimum absolute atomic E-state index is 0.0667. The molecule has 21 heavy (non-hydrogen) atoms. The highest BCUT2D eigenvalue weighted by Gasteiger charge is 2.39. The Morgan fingerprint density at radius 3 is 2.57 bits per heavy atom. The molecular formula is C18H31NOS. The predicted molar refractivity (Wildman–Crippen MR) is 92.2 cm³/mol. The molecule has 1 fully saturated rings. The van der Waals surface area contributed by atoms with Crippen molar-refractivity contribution in [1.29, 1.82) is 0 Å². The van der Waals surface area contributed by atoms with Gasteiger partial charge in [-0.1, -0.05) is 32.6 Å².